The van der Waals surface area contributed by atoms with E-state index >= 15 is 0 Å². The van der Waals surface area contributed by atoms with E-state index in [1.54, 1.807) is 11.8 Å². The van der Waals surface area contributed by atoms with E-state index in [-0.39, 0.29) is 17.4 Å². The highest BCUT2D eigenvalue weighted by molar-refractivity contribution is 5.95. The number of piperidine rings is 1. The highest BCUT2D eigenvalue weighted by Crippen LogP contribution is 2.29. The van der Waals surface area contributed by atoms with E-state index in [1.807, 2.05) is 12.3 Å². The molecule has 2 aromatic heterocycles. The molecule has 3 heterocycles. The van der Waals surface area contributed by atoms with Crippen molar-refractivity contribution in [1.29, 1.82) is 5.26 Å². The van der Waals surface area contributed by atoms with Gasteiger partial charge in [0.2, 0.25) is 0 Å². The van der Waals surface area contributed by atoms with Crippen LogP contribution in [0, 0.1) is 18.3 Å². The number of amides is 1. The average Bonchev–Trinajstić information content (AvgIpc) is 3.10. The minimum absolute atomic E-state index is 0.0376. The summed E-state index contributed by atoms with van der Waals surface area (Å²) in [5, 5.41) is 16.3. The molecule has 1 saturated heterocycles. The molecule has 2 aromatic rings. The van der Waals surface area contributed by atoms with E-state index in [1.165, 1.54) is 11.6 Å². The number of hydrogen-bond acceptors (Lipinski definition) is 4. The van der Waals surface area contributed by atoms with Gasteiger partial charge in [-0.15, -0.1) is 0 Å². The van der Waals surface area contributed by atoms with Crippen molar-refractivity contribution in [2.45, 2.75) is 39.0 Å². The monoisotopic (exact) mass is 339 g/mol. The summed E-state index contributed by atoms with van der Waals surface area (Å²) in [7, 11) is 0. The first-order valence-corrected chi connectivity index (χ1v) is 8.50. The molecule has 0 aromatic carbocycles. The Morgan fingerprint density at radius 3 is 3.04 bits per heavy atom. The van der Waals surface area contributed by atoms with Crippen molar-refractivity contribution >= 4 is 5.91 Å². The first kappa shape index (κ1) is 17.0. The van der Waals surface area contributed by atoms with Crippen LogP contribution < -0.4 is 5.56 Å². The number of nitrogens with one attached hydrogen (secondary N) is 2. The fraction of sp³-hybridized carbons (Fsp3) is 0.444. The Bertz CT molecular complexity index is 890. The summed E-state index contributed by atoms with van der Waals surface area (Å²) in [6, 6.07) is 3.24. The third-order valence-electron chi connectivity index (χ3n) is 4.84. The highest BCUT2D eigenvalue weighted by Gasteiger charge is 2.28. The molecule has 7 heteroatoms. The Hall–Kier alpha value is -2.88. The quantitative estimate of drug-likeness (QED) is 0.890. The Kier molecular flexibility index (Phi) is 4.70. The molecule has 1 atom stereocenters. The second-order valence-electron chi connectivity index (χ2n) is 6.42. The molecule has 0 aliphatic carbocycles. The summed E-state index contributed by atoms with van der Waals surface area (Å²) in [6.45, 7) is 5.05. The van der Waals surface area contributed by atoms with Crippen molar-refractivity contribution in [2.24, 2.45) is 0 Å². The maximum atomic E-state index is 12.9. The molecule has 0 bridgehead atoms. The van der Waals surface area contributed by atoms with E-state index in [0.717, 1.165) is 25.0 Å². The Morgan fingerprint density at radius 2 is 2.32 bits per heavy atom. The highest BCUT2D eigenvalue weighted by atomic mass is 16.2. The number of aromatic amines is 2. The summed E-state index contributed by atoms with van der Waals surface area (Å²) >= 11 is 0. The zero-order valence-electron chi connectivity index (χ0n) is 14.4. The summed E-state index contributed by atoms with van der Waals surface area (Å²) in [4.78, 5) is 29.0. The average molecular weight is 339 g/mol. The molecule has 2 N–H and O–H groups in total. The molecule has 0 spiro atoms. The van der Waals surface area contributed by atoms with Gasteiger partial charge in [0.1, 0.15) is 11.6 Å². The van der Waals surface area contributed by atoms with Gasteiger partial charge in [-0.3, -0.25) is 14.7 Å². The molecule has 1 fully saturated rings. The number of nitrogens with zero attached hydrogens (tertiary/aromatic N) is 3. The maximum absolute atomic E-state index is 12.9. The van der Waals surface area contributed by atoms with Crippen LogP contribution in [0.5, 0.6) is 0 Å². The maximum Gasteiger partial charge on any atom is 0.266 e. The van der Waals surface area contributed by atoms with Crippen molar-refractivity contribution < 1.29 is 4.79 Å². The largest absolute Gasteiger partial charge is 0.338 e. The molecule has 1 aliphatic heterocycles. The zero-order chi connectivity index (χ0) is 18.0. The zero-order valence-corrected chi connectivity index (χ0v) is 14.4. The third-order valence-corrected chi connectivity index (χ3v) is 4.84. The topological polar surface area (TPSA) is 106 Å². The van der Waals surface area contributed by atoms with Crippen LogP contribution in [0.25, 0.3) is 0 Å². The lowest BCUT2D eigenvalue weighted by Crippen LogP contribution is -2.40. The van der Waals surface area contributed by atoms with Crippen LogP contribution in [-0.4, -0.2) is 39.1 Å². The van der Waals surface area contributed by atoms with Crippen molar-refractivity contribution in [3.8, 4) is 6.07 Å². The number of nitriles is 1. The SMILES string of the molecule is CCc1cn[nH]c1[C@H]1CCCN(C(=O)c2cc(C#N)c(=O)[nH]c2C)C1. The third kappa shape index (κ3) is 3.20. The predicted octanol–water partition coefficient (Wildman–Crippen LogP) is 1.86. The summed E-state index contributed by atoms with van der Waals surface area (Å²) in [5.74, 6) is 0.0844. The van der Waals surface area contributed by atoms with E-state index in [4.69, 9.17) is 5.26 Å². The van der Waals surface area contributed by atoms with Crippen molar-refractivity contribution in [3.05, 3.63) is 50.7 Å². The number of carbonyl (C=O) groups is 1. The van der Waals surface area contributed by atoms with Crippen molar-refractivity contribution in [1.82, 2.24) is 20.1 Å². The molecular weight excluding hydrogens is 318 g/mol. The lowest BCUT2D eigenvalue weighted by atomic mass is 9.91. The molecule has 130 valence electrons. The number of aromatic nitrogens is 3. The van der Waals surface area contributed by atoms with E-state index in [0.29, 0.717) is 24.3 Å². The van der Waals surface area contributed by atoms with Gasteiger partial charge in [0, 0.05) is 30.4 Å². The first-order valence-electron chi connectivity index (χ1n) is 8.50. The summed E-state index contributed by atoms with van der Waals surface area (Å²) < 4.78 is 0. The molecule has 3 rings (SSSR count). The number of H-pyrrole nitrogens is 2. The number of likely N-dealkylation sites (tertiary alicyclic amines) is 1. The summed E-state index contributed by atoms with van der Waals surface area (Å²) in [5.41, 5.74) is 2.67. The molecule has 0 saturated carbocycles. The minimum atomic E-state index is -0.460. The Balaban J connectivity index is 1.86. The van der Waals surface area contributed by atoms with Gasteiger partial charge < -0.3 is 9.88 Å². The van der Waals surface area contributed by atoms with Crippen LogP contribution >= 0.6 is 0 Å². The lowest BCUT2D eigenvalue weighted by Gasteiger charge is -2.33. The number of hydrogen-bond donors (Lipinski definition) is 2. The van der Waals surface area contributed by atoms with Gasteiger partial charge in [-0.1, -0.05) is 6.92 Å². The molecule has 25 heavy (non-hydrogen) atoms. The fourth-order valence-corrected chi connectivity index (χ4v) is 3.45. The molecule has 7 nitrogen and oxygen atoms in total. The van der Waals surface area contributed by atoms with Crippen LogP contribution in [0.3, 0.4) is 0 Å². The Morgan fingerprint density at radius 1 is 1.52 bits per heavy atom. The van der Waals surface area contributed by atoms with Crippen LogP contribution in [0.1, 0.15) is 58.6 Å². The predicted molar refractivity (Wildman–Crippen MR) is 92.4 cm³/mol. The number of aryl methyl sites for hydroxylation is 2. The lowest BCUT2D eigenvalue weighted by molar-refractivity contribution is 0.0704. The molecule has 0 radical (unpaired) electrons. The molecule has 1 amide bonds. The molecular formula is C18H21N5O2. The van der Waals surface area contributed by atoms with E-state index in [9.17, 15) is 9.59 Å². The number of carbonyl (C=O) groups excluding carboxylic acids is 1. The molecule has 1 aliphatic rings. The van der Waals surface area contributed by atoms with Crippen molar-refractivity contribution in [3.63, 3.8) is 0 Å². The van der Waals surface area contributed by atoms with Gasteiger partial charge in [-0.25, -0.2) is 0 Å². The number of rotatable bonds is 3. The van der Waals surface area contributed by atoms with E-state index in [2.05, 4.69) is 22.1 Å². The fourth-order valence-electron chi connectivity index (χ4n) is 3.45. The van der Waals surface area contributed by atoms with Crippen LogP contribution in [0.15, 0.2) is 17.1 Å². The molecule has 0 unspecified atom stereocenters. The van der Waals surface area contributed by atoms with Gasteiger partial charge in [0.25, 0.3) is 11.5 Å². The van der Waals surface area contributed by atoms with Gasteiger partial charge in [-0.2, -0.15) is 10.4 Å². The van der Waals surface area contributed by atoms with Crippen LogP contribution in [-0.2, 0) is 6.42 Å². The second-order valence-corrected chi connectivity index (χ2v) is 6.42. The van der Waals surface area contributed by atoms with Crippen molar-refractivity contribution in [2.75, 3.05) is 13.1 Å². The smallest absolute Gasteiger partial charge is 0.266 e. The first-order chi connectivity index (χ1) is 12.0. The van der Waals surface area contributed by atoms with E-state index < -0.39 is 5.56 Å². The Labute approximate surface area is 145 Å². The van der Waals surface area contributed by atoms with Gasteiger partial charge in [0.15, 0.2) is 0 Å². The van der Waals surface area contributed by atoms with Gasteiger partial charge >= 0.3 is 0 Å². The van der Waals surface area contributed by atoms with Gasteiger partial charge in [-0.05, 0) is 37.8 Å². The second kappa shape index (κ2) is 6.93. The van der Waals surface area contributed by atoms with Gasteiger partial charge in [0.05, 0.1) is 11.8 Å². The van der Waals surface area contributed by atoms with Crippen LogP contribution in [0.4, 0.5) is 0 Å². The van der Waals surface area contributed by atoms with Crippen LogP contribution in [0.2, 0.25) is 0 Å². The summed E-state index contributed by atoms with van der Waals surface area (Å²) in [6.07, 6.45) is 4.67. The normalized spacial score (nSPS) is 17.3. The minimum Gasteiger partial charge on any atom is -0.338 e. The standard InChI is InChI=1S/C18H21N5O2/c1-3-12-9-20-22-16(12)13-5-4-6-23(10-13)18(25)15-7-14(8-19)17(24)21-11(15)2/h7,9,13H,3-6,10H2,1-2H3,(H,20,22)(H,21,24)/t13-/m0/s1. The number of pyridine rings is 1.